The number of halogens is 3. The molecule has 0 spiro atoms. The molecular weight excluding hydrogens is 423 g/mol. The van der Waals surface area contributed by atoms with E-state index in [1.54, 1.807) is 0 Å². The van der Waals surface area contributed by atoms with Crippen molar-refractivity contribution < 1.29 is 8.78 Å². The first-order valence-corrected chi connectivity index (χ1v) is 8.96. The fraction of sp³-hybridized carbons (Fsp3) is 0.111. The number of alkyl halides is 1. The highest BCUT2D eigenvalue weighted by Gasteiger charge is 2.16. The Morgan fingerprint density at radius 1 is 1.04 bits per heavy atom. The zero-order chi connectivity index (χ0) is 16.7. The highest BCUT2D eigenvalue weighted by molar-refractivity contribution is 14.1. The van der Waals surface area contributed by atoms with Crippen molar-refractivity contribution in [1.82, 2.24) is 15.0 Å². The monoisotopic (exact) mass is 435 g/mol. The third-order valence-corrected chi connectivity index (χ3v) is 4.55. The van der Waals surface area contributed by atoms with Crippen LogP contribution in [0.15, 0.2) is 42.7 Å². The molecule has 0 fully saturated rings. The number of aryl methyl sites for hydroxylation is 1. The molecule has 0 aliphatic carbocycles. The van der Waals surface area contributed by atoms with Gasteiger partial charge in [0.2, 0.25) is 0 Å². The van der Waals surface area contributed by atoms with Crippen molar-refractivity contribution in [3.8, 4) is 11.3 Å². The molecule has 4 rings (SSSR count). The second kappa shape index (κ2) is 6.08. The van der Waals surface area contributed by atoms with Gasteiger partial charge in [-0.25, -0.2) is 18.7 Å². The number of hydrogen-bond donors (Lipinski definition) is 1. The van der Waals surface area contributed by atoms with Gasteiger partial charge in [-0.2, -0.15) is 0 Å². The van der Waals surface area contributed by atoms with Crippen molar-refractivity contribution in [2.45, 2.75) is 6.42 Å². The van der Waals surface area contributed by atoms with Crippen LogP contribution in [-0.2, 0) is 6.42 Å². The molecule has 3 nitrogen and oxygen atoms in total. The van der Waals surface area contributed by atoms with Crippen LogP contribution in [0.1, 0.15) is 5.56 Å². The highest BCUT2D eigenvalue weighted by atomic mass is 127. The molecule has 0 saturated heterocycles. The van der Waals surface area contributed by atoms with E-state index in [9.17, 15) is 8.78 Å². The molecule has 2 aromatic heterocycles. The third-order valence-electron chi connectivity index (χ3n) is 4.01. The second-order valence-electron chi connectivity index (χ2n) is 5.52. The number of aromatic nitrogens is 3. The molecule has 0 atom stereocenters. The number of aromatic amines is 1. The summed E-state index contributed by atoms with van der Waals surface area (Å²) in [6.45, 7) is 0. The second-order valence-corrected chi connectivity index (χ2v) is 6.60. The summed E-state index contributed by atoms with van der Waals surface area (Å²) in [7, 11) is 0. The quantitative estimate of drug-likeness (QED) is 0.362. The summed E-state index contributed by atoms with van der Waals surface area (Å²) >= 11 is 2.34. The number of nitrogens with zero attached hydrogens (tertiary/aromatic N) is 2. The summed E-state index contributed by atoms with van der Waals surface area (Å²) in [6.07, 6.45) is 2.42. The van der Waals surface area contributed by atoms with Gasteiger partial charge in [-0.15, -0.1) is 0 Å². The lowest BCUT2D eigenvalue weighted by molar-refractivity contribution is 0.592. The summed E-state index contributed by atoms with van der Waals surface area (Å²) in [5, 5.41) is 0.289. The lowest BCUT2D eigenvalue weighted by Crippen LogP contribution is -1.90. The molecule has 0 bridgehead atoms. The van der Waals surface area contributed by atoms with Crippen LogP contribution >= 0.6 is 22.6 Å². The van der Waals surface area contributed by atoms with Crippen LogP contribution in [0.3, 0.4) is 0 Å². The van der Waals surface area contributed by atoms with Crippen LogP contribution in [0, 0.1) is 11.6 Å². The molecule has 0 unspecified atom stereocenters. The maximum Gasteiger partial charge on any atom is 0.137 e. The zero-order valence-corrected chi connectivity index (χ0v) is 14.6. The van der Waals surface area contributed by atoms with Gasteiger partial charge in [0, 0.05) is 16.1 Å². The fourth-order valence-corrected chi connectivity index (χ4v) is 3.52. The van der Waals surface area contributed by atoms with Gasteiger partial charge in [0.15, 0.2) is 0 Å². The Bertz CT molecular complexity index is 1040. The van der Waals surface area contributed by atoms with Crippen LogP contribution in [0.4, 0.5) is 8.78 Å². The summed E-state index contributed by atoms with van der Waals surface area (Å²) in [4.78, 5) is 11.6. The van der Waals surface area contributed by atoms with Gasteiger partial charge in [-0.1, -0.05) is 46.9 Å². The maximum absolute atomic E-state index is 14.2. The van der Waals surface area contributed by atoms with Gasteiger partial charge in [0.1, 0.15) is 23.5 Å². The number of rotatable bonds is 3. The number of H-pyrrole nitrogens is 1. The molecule has 0 aliphatic rings. The molecule has 120 valence electrons. The Morgan fingerprint density at radius 3 is 2.58 bits per heavy atom. The van der Waals surface area contributed by atoms with Crippen LogP contribution < -0.4 is 0 Å². The topological polar surface area (TPSA) is 41.6 Å². The molecule has 1 N–H and O–H groups in total. The Hall–Kier alpha value is -2.09. The molecule has 0 saturated carbocycles. The van der Waals surface area contributed by atoms with Gasteiger partial charge in [-0.05, 0) is 18.1 Å². The molecule has 0 aliphatic heterocycles. The number of nitrogens with one attached hydrogen (secondary N) is 1. The van der Waals surface area contributed by atoms with Gasteiger partial charge in [0.05, 0.1) is 22.1 Å². The summed E-state index contributed by atoms with van der Waals surface area (Å²) in [6, 6.07) is 10.2. The van der Waals surface area contributed by atoms with E-state index in [0.29, 0.717) is 22.2 Å². The van der Waals surface area contributed by atoms with Crippen molar-refractivity contribution in [3.05, 3.63) is 59.9 Å². The van der Waals surface area contributed by atoms with Crippen LogP contribution in [0.5, 0.6) is 0 Å². The van der Waals surface area contributed by atoms with Crippen molar-refractivity contribution in [1.29, 1.82) is 0 Å². The summed E-state index contributed by atoms with van der Waals surface area (Å²) < 4.78 is 28.7. The largest absolute Gasteiger partial charge is 0.351 e. The van der Waals surface area contributed by atoms with E-state index in [-0.39, 0.29) is 5.39 Å². The first-order chi connectivity index (χ1) is 11.7. The lowest BCUT2D eigenvalue weighted by atomic mass is 10.1. The molecule has 4 aromatic rings. The molecule has 0 radical (unpaired) electrons. The molecule has 0 amide bonds. The van der Waals surface area contributed by atoms with Crippen molar-refractivity contribution in [3.63, 3.8) is 0 Å². The number of fused-ring (bicyclic) bond motifs is 3. The van der Waals surface area contributed by atoms with E-state index in [4.69, 9.17) is 0 Å². The molecule has 2 aromatic carbocycles. The Labute approximate surface area is 150 Å². The molecule has 24 heavy (non-hydrogen) atoms. The Morgan fingerprint density at radius 2 is 1.83 bits per heavy atom. The first kappa shape index (κ1) is 15.4. The van der Waals surface area contributed by atoms with E-state index in [1.807, 2.05) is 12.1 Å². The average molecular weight is 435 g/mol. The Balaban J connectivity index is 1.94. The number of hydrogen-bond acceptors (Lipinski definition) is 2. The zero-order valence-electron chi connectivity index (χ0n) is 12.5. The van der Waals surface area contributed by atoms with E-state index >= 15 is 0 Å². The van der Waals surface area contributed by atoms with Crippen LogP contribution in [0.25, 0.3) is 33.2 Å². The minimum atomic E-state index is -0.627. The van der Waals surface area contributed by atoms with Gasteiger partial charge >= 0.3 is 0 Å². The SMILES string of the molecule is Fc1cc(F)c2c(c1)[nH]c1c(-c3ccc(CCI)cc3)ncnc12. The average Bonchev–Trinajstić information content (AvgIpc) is 2.94. The van der Waals surface area contributed by atoms with E-state index in [0.717, 1.165) is 22.5 Å². The predicted octanol–water partition coefficient (Wildman–Crippen LogP) is 5.03. The Kier molecular flexibility index (Phi) is 3.91. The minimum absolute atomic E-state index is 0.289. The van der Waals surface area contributed by atoms with Gasteiger partial charge < -0.3 is 4.98 Å². The highest BCUT2D eigenvalue weighted by Crippen LogP contribution is 2.32. The molecule has 2 heterocycles. The van der Waals surface area contributed by atoms with Crippen LogP contribution in [0.2, 0.25) is 0 Å². The maximum atomic E-state index is 14.2. The van der Waals surface area contributed by atoms with Crippen LogP contribution in [-0.4, -0.2) is 19.4 Å². The van der Waals surface area contributed by atoms with E-state index in [2.05, 4.69) is 49.7 Å². The van der Waals surface area contributed by atoms with Gasteiger partial charge in [-0.3, -0.25) is 0 Å². The van der Waals surface area contributed by atoms with Gasteiger partial charge in [0.25, 0.3) is 0 Å². The first-order valence-electron chi connectivity index (χ1n) is 7.44. The lowest BCUT2D eigenvalue weighted by Gasteiger charge is -2.04. The number of benzene rings is 2. The summed E-state index contributed by atoms with van der Waals surface area (Å²) in [5.74, 6) is -1.25. The van der Waals surface area contributed by atoms with Crippen molar-refractivity contribution >= 4 is 44.5 Å². The molecular formula is C18H12F2IN3. The van der Waals surface area contributed by atoms with Crippen molar-refractivity contribution in [2.75, 3.05) is 4.43 Å². The minimum Gasteiger partial charge on any atom is -0.351 e. The normalized spacial score (nSPS) is 11.5. The smallest absolute Gasteiger partial charge is 0.137 e. The molecule has 6 heteroatoms. The standard InChI is InChI=1S/C18H12F2IN3/c19-12-7-13(20)15-14(8-12)24-18-16(22-9-23-17(15)18)11-3-1-10(2-4-11)5-6-21/h1-4,7-9,24H,5-6H2. The summed E-state index contributed by atoms with van der Waals surface area (Å²) in [5.41, 5.74) is 4.29. The van der Waals surface area contributed by atoms with E-state index < -0.39 is 11.6 Å². The van der Waals surface area contributed by atoms with E-state index in [1.165, 1.54) is 18.0 Å². The van der Waals surface area contributed by atoms with Crippen molar-refractivity contribution in [2.24, 2.45) is 0 Å². The fourth-order valence-electron chi connectivity index (χ4n) is 2.90. The third kappa shape index (κ3) is 2.54. The predicted molar refractivity (Wildman–Crippen MR) is 99.3 cm³/mol.